The molecule has 0 aromatic carbocycles. The van der Waals surface area contributed by atoms with Crippen LogP contribution in [-0.4, -0.2) is 43.2 Å². The Bertz CT molecular complexity index is 485. The van der Waals surface area contributed by atoms with Crippen LogP contribution in [0.1, 0.15) is 18.7 Å². The molecule has 2 rings (SSSR count). The lowest BCUT2D eigenvalue weighted by Crippen LogP contribution is -2.47. The van der Waals surface area contributed by atoms with E-state index in [1.165, 1.54) is 17.8 Å². The van der Waals surface area contributed by atoms with Crippen molar-refractivity contribution >= 4 is 26.7 Å². The summed E-state index contributed by atoms with van der Waals surface area (Å²) >= 11 is 1.36. The second-order valence-corrected chi connectivity index (χ2v) is 6.81. The topological polar surface area (TPSA) is 75.2 Å². The van der Waals surface area contributed by atoms with Crippen LogP contribution >= 0.6 is 11.5 Å². The third-order valence-electron chi connectivity index (χ3n) is 2.59. The van der Waals surface area contributed by atoms with Crippen molar-refractivity contribution in [3.8, 4) is 0 Å². The summed E-state index contributed by atoms with van der Waals surface area (Å²) < 4.78 is 29.2. The molecule has 0 bridgehead atoms. The minimum Gasteiger partial charge on any atom is -0.345 e. The van der Waals surface area contributed by atoms with E-state index in [1.807, 2.05) is 6.92 Å². The normalized spacial score (nSPS) is 21.8. The Kier molecular flexibility index (Phi) is 3.64. The van der Waals surface area contributed by atoms with E-state index in [-0.39, 0.29) is 6.04 Å². The van der Waals surface area contributed by atoms with Gasteiger partial charge < -0.3 is 4.90 Å². The molecule has 0 saturated carbocycles. The zero-order valence-electron chi connectivity index (χ0n) is 9.88. The van der Waals surface area contributed by atoms with Gasteiger partial charge in [-0.3, -0.25) is 0 Å². The number of nitrogens with one attached hydrogen (secondary N) is 1. The van der Waals surface area contributed by atoms with Crippen LogP contribution in [0.4, 0.5) is 5.13 Å². The summed E-state index contributed by atoms with van der Waals surface area (Å²) in [5.74, 6) is 0.767. The van der Waals surface area contributed by atoms with Crippen molar-refractivity contribution in [1.82, 2.24) is 14.1 Å². The molecule has 1 aliphatic rings. The molecule has 6 nitrogen and oxygen atoms in total. The maximum absolute atomic E-state index is 11.2. The van der Waals surface area contributed by atoms with Gasteiger partial charge in [-0.2, -0.15) is 4.37 Å². The molecular formula is C9H16N4O2S2. The van der Waals surface area contributed by atoms with E-state index in [4.69, 9.17) is 0 Å². The Balaban J connectivity index is 2.02. The first kappa shape index (κ1) is 12.7. The number of sulfonamides is 1. The van der Waals surface area contributed by atoms with Gasteiger partial charge in [0.2, 0.25) is 15.2 Å². The Morgan fingerprint density at radius 3 is 2.88 bits per heavy atom. The van der Waals surface area contributed by atoms with E-state index in [1.54, 1.807) is 0 Å². The first-order valence-corrected chi connectivity index (χ1v) is 8.13. The molecule has 1 saturated heterocycles. The molecule has 0 radical (unpaired) electrons. The molecule has 1 atom stereocenters. The monoisotopic (exact) mass is 276 g/mol. The van der Waals surface area contributed by atoms with Crippen molar-refractivity contribution in [2.45, 2.75) is 25.8 Å². The van der Waals surface area contributed by atoms with Gasteiger partial charge in [-0.05, 0) is 19.8 Å². The minimum absolute atomic E-state index is 0.0250. The van der Waals surface area contributed by atoms with Crippen LogP contribution in [-0.2, 0) is 10.0 Å². The Morgan fingerprint density at radius 2 is 2.29 bits per heavy atom. The van der Waals surface area contributed by atoms with Crippen LogP contribution in [0.3, 0.4) is 0 Å². The third-order valence-corrected chi connectivity index (χ3v) is 4.22. The van der Waals surface area contributed by atoms with Crippen LogP contribution in [0, 0.1) is 6.92 Å². The molecule has 0 spiro atoms. The number of nitrogens with zero attached hydrogens (tertiary/aromatic N) is 3. The summed E-state index contributed by atoms with van der Waals surface area (Å²) in [7, 11) is -3.13. The second kappa shape index (κ2) is 4.87. The van der Waals surface area contributed by atoms with E-state index in [2.05, 4.69) is 19.0 Å². The van der Waals surface area contributed by atoms with E-state index < -0.39 is 10.0 Å². The van der Waals surface area contributed by atoms with E-state index >= 15 is 0 Å². The number of anilines is 1. The SMILES string of the molecule is Cc1nsc(N2CCCC(NS(C)(=O)=O)C2)n1. The summed E-state index contributed by atoms with van der Waals surface area (Å²) in [5, 5.41) is 0.877. The molecule has 1 fully saturated rings. The van der Waals surface area contributed by atoms with E-state index in [9.17, 15) is 8.42 Å². The van der Waals surface area contributed by atoms with Gasteiger partial charge in [-0.25, -0.2) is 18.1 Å². The lowest BCUT2D eigenvalue weighted by molar-refractivity contribution is 0.467. The molecular weight excluding hydrogens is 260 g/mol. The first-order chi connectivity index (χ1) is 7.94. The highest BCUT2D eigenvalue weighted by Crippen LogP contribution is 2.21. The van der Waals surface area contributed by atoms with Crippen molar-refractivity contribution in [3.63, 3.8) is 0 Å². The highest BCUT2D eigenvalue weighted by Gasteiger charge is 2.24. The van der Waals surface area contributed by atoms with Gasteiger partial charge in [0.15, 0.2) is 0 Å². The smallest absolute Gasteiger partial charge is 0.209 e. The molecule has 8 heteroatoms. The Hall–Kier alpha value is -0.730. The Morgan fingerprint density at radius 1 is 1.53 bits per heavy atom. The van der Waals surface area contributed by atoms with Crippen LogP contribution < -0.4 is 9.62 Å². The second-order valence-electron chi connectivity index (χ2n) is 4.30. The largest absolute Gasteiger partial charge is 0.345 e. The highest BCUT2D eigenvalue weighted by atomic mass is 32.2. The van der Waals surface area contributed by atoms with Gasteiger partial charge in [-0.15, -0.1) is 0 Å². The fraction of sp³-hybridized carbons (Fsp3) is 0.778. The lowest BCUT2D eigenvalue weighted by Gasteiger charge is -2.32. The van der Waals surface area contributed by atoms with E-state index in [0.29, 0.717) is 6.54 Å². The summed E-state index contributed by atoms with van der Waals surface area (Å²) in [6.45, 7) is 3.44. The molecule has 17 heavy (non-hydrogen) atoms. The predicted molar refractivity (Wildman–Crippen MR) is 67.9 cm³/mol. The third kappa shape index (κ3) is 3.62. The average Bonchev–Trinajstić information content (AvgIpc) is 2.63. The Labute approximate surface area is 105 Å². The van der Waals surface area contributed by atoms with Gasteiger partial charge in [0, 0.05) is 30.7 Å². The fourth-order valence-electron chi connectivity index (χ4n) is 1.96. The van der Waals surface area contributed by atoms with Crippen LogP contribution in [0.25, 0.3) is 0 Å². The number of aryl methyl sites for hydroxylation is 1. The molecule has 1 unspecified atom stereocenters. The standard InChI is InChI=1S/C9H16N4O2S2/c1-7-10-9(16-11-7)13-5-3-4-8(6-13)12-17(2,14)15/h8,12H,3-6H2,1-2H3. The van der Waals surface area contributed by atoms with E-state index in [0.717, 1.165) is 30.3 Å². The maximum Gasteiger partial charge on any atom is 0.209 e. The van der Waals surface area contributed by atoms with Crippen LogP contribution in [0.15, 0.2) is 0 Å². The number of aromatic nitrogens is 2. The molecule has 1 aromatic heterocycles. The van der Waals surface area contributed by atoms with Crippen LogP contribution in [0.2, 0.25) is 0 Å². The molecule has 96 valence electrons. The maximum atomic E-state index is 11.2. The zero-order chi connectivity index (χ0) is 12.5. The summed E-state index contributed by atoms with van der Waals surface area (Å²) in [6.07, 6.45) is 3.04. The van der Waals surface area contributed by atoms with Gasteiger partial charge in [-0.1, -0.05) is 0 Å². The van der Waals surface area contributed by atoms with Crippen molar-refractivity contribution in [3.05, 3.63) is 5.82 Å². The number of piperidine rings is 1. The summed E-state index contributed by atoms with van der Waals surface area (Å²) in [4.78, 5) is 6.42. The van der Waals surface area contributed by atoms with Crippen molar-refractivity contribution in [1.29, 1.82) is 0 Å². The van der Waals surface area contributed by atoms with Gasteiger partial charge in [0.1, 0.15) is 5.82 Å². The highest BCUT2D eigenvalue weighted by molar-refractivity contribution is 7.88. The molecule has 0 amide bonds. The van der Waals surface area contributed by atoms with Crippen molar-refractivity contribution in [2.75, 3.05) is 24.2 Å². The molecule has 1 aromatic rings. The van der Waals surface area contributed by atoms with Gasteiger partial charge >= 0.3 is 0 Å². The molecule has 1 aliphatic heterocycles. The zero-order valence-corrected chi connectivity index (χ0v) is 11.5. The quantitative estimate of drug-likeness (QED) is 0.863. The first-order valence-electron chi connectivity index (χ1n) is 5.46. The average molecular weight is 276 g/mol. The number of rotatable bonds is 3. The predicted octanol–water partition coefficient (Wildman–Crippen LogP) is 0.365. The molecule has 0 aliphatic carbocycles. The molecule has 2 heterocycles. The van der Waals surface area contributed by atoms with Crippen molar-refractivity contribution in [2.24, 2.45) is 0 Å². The van der Waals surface area contributed by atoms with Gasteiger partial charge in [0.05, 0.1) is 6.26 Å². The minimum atomic E-state index is -3.13. The van der Waals surface area contributed by atoms with Crippen LogP contribution in [0.5, 0.6) is 0 Å². The number of hydrogen-bond acceptors (Lipinski definition) is 6. The molecule has 1 N–H and O–H groups in total. The van der Waals surface area contributed by atoms with Gasteiger partial charge in [0.25, 0.3) is 0 Å². The summed E-state index contributed by atoms with van der Waals surface area (Å²) in [6, 6.07) is -0.0250. The summed E-state index contributed by atoms with van der Waals surface area (Å²) in [5.41, 5.74) is 0. The van der Waals surface area contributed by atoms with Crippen molar-refractivity contribution < 1.29 is 8.42 Å². The number of hydrogen-bond donors (Lipinski definition) is 1. The fourth-order valence-corrected chi connectivity index (χ4v) is 3.47. The lowest BCUT2D eigenvalue weighted by atomic mass is 10.1.